The fourth-order valence-corrected chi connectivity index (χ4v) is 3.67. The maximum absolute atomic E-state index is 13.0. The van der Waals surface area contributed by atoms with Gasteiger partial charge in [0.15, 0.2) is 0 Å². The predicted molar refractivity (Wildman–Crippen MR) is 99.0 cm³/mol. The summed E-state index contributed by atoms with van der Waals surface area (Å²) in [4.78, 5) is 17.3. The lowest BCUT2D eigenvalue weighted by atomic mass is 10.0. The summed E-state index contributed by atoms with van der Waals surface area (Å²) >= 11 is 0. The molecule has 4 heteroatoms. The topological polar surface area (TPSA) is 32.8 Å². The molecular weight excluding hydrogens is 312 g/mol. The van der Waals surface area contributed by atoms with Gasteiger partial charge < -0.3 is 9.64 Å². The van der Waals surface area contributed by atoms with Gasteiger partial charge in [-0.1, -0.05) is 30.3 Å². The van der Waals surface area contributed by atoms with E-state index in [0.29, 0.717) is 0 Å². The van der Waals surface area contributed by atoms with Crippen molar-refractivity contribution in [3.63, 3.8) is 0 Å². The van der Waals surface area contributed by atoms with Gasteiger partial charge in [0.05, 0.1) is 13.2 Å². The van der Waals surface area contributed by atoms with Crippen molar-refractivity contribution >= 4 is 11.6 Å². The average molecular weight is 336 g/mol. The molecule has 0 radical (unpaired) electrons. The number of nitrogens with zero attached hydrogens (tertiary/aromatic N) is 2. The molecule has 2 aromatic rings. The lowest BCUT2D eigenvalue weighted by molar-refractivity contribution is 0.0342. The molecule has 2 aliphatic rings. The van der Waals surface area contributed by atoms with Crippen molar-refractivity contribution in [2.45, 2.75) is 19.4 Å². The molecule has 4 nitrogen and oxygen atoms in total. The normalized spacial score (nSPS) is 18.0. The molecule has 1 amide bonds. The van der Waals surface area contributed by atoms with Gasteiger partial charge >= 0.3 is 0 Å². The third-order valence-electron chi connectivity index (χ3n) is 5.07. The van der Waals surface area contributed by atoms with E-state index in [4.69, 9.17) is 4.74 Å². The van der Waals surface area contributed by atoms with Crippen molar-refractivity contribution < 1.29 is 9.53 Å². The summed E-state index contributed by atoms with van der Waals surface area (Å²) in [7, 11) is 0. The highest BCUT2D eigenvalue weighted by molar-refractivity contribution is 6.06. The summed E-state index contributed by atoms with van der Waals surface area (Å²) in [5.41, 5.74) is 4.35. The summed E-state index contributed by atoms with van der Waals surface area (Å²) in [6.07, 6.45) is 2.08. The van der Waals surface area contributed by atoms with Crippen molar-refractivity contribution in [1.29, 1.82) is 0 Å². The minimum absolute atomic E-state index is 0.102. The second kappa shape index (κ2) is 7.38. The van der Waals surface area contributed by atoms with Crippen LogP contribution >= 0.6 is 0 Å². The first-order chi connectivity index (χ1) is 12.3. The Kier molecular flexibility index (Phi) is 4.81. The van der Waals surface area contributed by atoms with Crippen molar-refractivity contribution in [1.82, 2.24) is 4.90 Å². The zero-order valence-corrected chi connectivity index (χ0v) is 14.5. The number of hydrogen-bond donors (Lipinski definition) is 0. The second-order valence-electron chi connectivity index (χ2n) is 6.77. The summed E-state index contributed by atoms with van der Waals surface area (Å²) in [6.45, 7) is 5.29. The van der Waals surface area contributed by atoms with E-state index in [9.17, 15) is 4.79 Å². The number of ether oxygens (including phenoxy) is 1. The van der Waals surface area contributed by atoms with Crippen LogP contribution in [0, 0.1) is 0 Å². The van der Waals surface area contributed by atoms with Crippen LogP contribution in [0.15, 0.2) is 48.5 Å². The first-order valence-electron chi connectivity index (χ1n) is 9.10. The van der Waals surface area contributed by atoms with Crippen LogP contribution in [-0.2, 0) is 17.7 Å². The highest BCUT2D eigenvalue weighted by Crippen LogP contribution is 2.28. The molecule has 25 heavy (non-hydrogen) atoms. The summed E-state index contributed by atoms with van der Waals surface area (Å²) in [5, 5.41) is 0. The predicted octanol–water partition coefficient (Wildman–Crippen LogP) is 3.11. The van der Waals surface area contributed by atoms with Crippen LogP contribution in [-0.4, -0.2) is 43.7 Å². The minimum atomic E-state index is 0.102. The minimum Gasteiger partial charge on any atom is -0.379 e. The number of rotatable bonds is 3. The number of benzene rings is 2. The summed E-state index contributed by atoms with van der Waals surface area (Å²) < 4.78 is 5.39. The Hall–Kier alpha value is -2.17. The fourth-order valence-electron chi connectivity index (χ4n) is 3.67. The molecule has 0 saturated carbocycles. The van der Waals surface area contributed by atoms with E-state index < -0.39 is 0 Å². The number of amides is 1. The maximum atomic E-state index is 13.0. The first kappa shape index (κ1) is 16.3. The molecular formula is C21H24N2O2. The van der Waals surface area contributed by atoms with Crippen LogP contribution in [0.2, 0.25) is 0 Å². The molecule has 1 fully saturated rings. The summed E-state index contributed by atoms with van der Waals surface area (Å²) in [5.74, 6) is 0.102. The molecule has 1 saturated heterocycles. The molecule has 0 spiro atoms. The number of aryl methyl sites for hydroxylation is 1. The third kappa shape index (κ3) is 3.60. The summed E-state index contributed by atoms with van der Waals surface area (Å²) in [6, 6.07) is 16.3. The largest absolute Gasteiger partial charge is 0.379 e. The van der Waals surface area contributed by atoms with Crippen LogP contribution in [0.5, 0.6) is 0 Å². The van der Waals surface area contributed by atoms with Gasteiger partial charge in [0.2, 0.25) is 0 Å². The Morgan fingerprint density at radius 1 is 0.960 bits per heavy atom. The number of para-hydroxylation sites is 1. The van der Waals surface area contributed by atoms with Gasteiger partial charge in [-0.05, 0) is 42.2 Å². The Balaban J connectivity index is 1.48. The second-order valence-corrected chi connectivity index (χ2v) is 6.77. The van der Waals surface area contributed by atoms with Gasteiger partial charge in [0.1, 0.15) is 0 Å². The van der Waals surface area contributed by atoms with Crippen molar-refractivity contribution in [2.24, 2.45) is 0 Å². The molecule has 130 valence electrons. The Bertz CT molecular complexity index is 736. The number of anilines is 1. The zero-order valence-electron chi connectivity index (χ0n) is 14.5. The quantitative estimate of drug-likeness (QED) is 0.863. The fraction of sp³-hybridized carbons (Fsp3) is 0.381. The number of carbonyl (C=O) groups excluding carboxylic acids is 1. The van der Waals surface area contributed by atoms with Crippen LogP contribution in [0.1, 0.15) is 27.9 Å². The third-order valence-corrected chi connectivity index (χ3v) is 5.07. The van der Waals surface area contributed by atoms with Crippen LogP contribution in [0.3, 0.4) is 0 Å². The molecule has 2 heterocycles. The number of hydrogen-bond acceptors (Lipinski definition) is 3. The van der Waals surface area contributed by atoms with Crippen LogP contribution in [0.4, 0.5) is 5.69 Å². The number of morpholine rings is 1. The number of carbonyl (C=O) groups is 1. The van der Waals surface area contributed by atoms with Crippen LogP contribution < -0.4 is 4.90 Å². The molecule has 0 unspecified atom stereocenters. The standard InChI is InChI=1S/C21H24N2O2/c24-21(23-11-3-5-18-4-1-2-6-20(18)23)19-9-7-17(8-10-19)16-22-12-14-25-15-13-22/h1-2,4,6-10H,3,5,11-16H2. The molecule has 4 rings (SSSR count). The maximum Gasteiger partial charge on any atom is 0.258 e. The Morgan fingerprint density at radius 2 is 1.72 bits per heavy atom. The molecule has 0 aliphatic carbocycles. The SMILES string of the molecule is O=C(c1ccc(CN2CCOCC2)cc1)N1CCCc2ccccc21. The van der Waals surface area contributed by atoms with E-state index in [0.717, 1.165) is 63.5 Å². The highest BCUT2D eigenvalue weighted by Gasteiger charge is 2.23. The molecule has 0 bridgehead atoms. The van der Waals surface area contributed by atoms with Gasteiger partial charge in [-0.25, -0.2) is 0 Å². The zero-order chi connectivity index (χ0) is 17.1. The van der Waals surface area contributed by atoms with Gasteiger partial charge in [-0.2, -0.15) is 0 Å². The number of fused-ring (bicyclic) bond motifs is 1. The lowest BCUT2D eigenvalue weighted by Gasteiger charge is -2.29. The van der Waals surface area contributed by atoms with E-state index in [2.05, 4.69) is 29.2 Å². The first-order valence-corrected chi connectivity index (χ1v) is 9.10. The van der Waals surface area contributed by atoms with E-state index in [1.54, 1.807) is 0 Å². The van der Waals surface area contributed by atoms with E-state index in [1.807, 2.05) is 29.2 Å². The molecule has 0 aromatic heterocycles. The van der Waals surface area contributed by atoms with Crippen molar-refractivity contribution in [3.05, 3.63) is 65.2 Å². The Morgan fingerprint density at radius 3 is 2.52 bits per heavy atom. The Labute approximate surface area is 149 Å². The van der Waals surface area contributed by atoms with Crippen molar-refractivity contribution in [3.8, 4) is 0 Å². The molecule has 0 atom stereocenters. The van der Waals surface area contributed by atoms with Crippen LogP contribution in [0.25, 0.3) is 0 Å². The highest BCUT2D eigenvalue weighted by atomic mass is 16.5. The van der Waals surface area contributed by atoms with E-state index in [1.165, 1.54) is 11.1 Å². The smallest absolute Gasteiger partial charge is 0.258 e. The van der Waals surface area contributed by atoms with Gasteiger partial charge in [0.25, 0.3) is 5.91 Å². The average Bonchev–Trinajstić information content (AvgIpc) is 2.68. The van der Waals surface area contributed by atoms with E-state index in [-0.39, 0.29) is 5.91 Å². The van der Waals surface area contributed by atoms with Gasteiger partial charge in [-0.3, -0.25) is 9.69 Å². The monoisotopic (exact) mass is 336 g/mol. The molecule has 2 aromatic carbocycles. The molecule has 2 aliphatic heterocycles. The van der Waals surface area contributed by atoms with Crippen molar-refractivity contribution in [2.75, 3.05) is 37.7 Å². The van der Waals surface area contributed by atoms with Gasteiger partial charge in [0, 0.05) is 37.4 Å². The van der Waals surface area contributed by atoms with Gasteiger partial charge in [-0.15, -0.1) is 0 Å². The molecule has 0 N–H and O–H groups in total. The van der Waals surface area contributed by atoms with E-state index >= 15 is 0 Å². The lowest BCUT2D eigenvalue weighted by Crippen LogP contribution is -2.36.